The van der Waals surface area contributed by atoms with Crippen LogP contribution < -0.4 is 0 Å². The molecule has 0 saturated heterocycles. The minimum atomic E-state index is -2.44. The van der Waals surface area contributed by atoms with E-state index in [4.69, 9.17) is 4.74 Å². The van der Waals surface area contributed by atoms with Gasteiger partial charge in [-0.15, -0.1) is 0 Å². The number of amides is 1. The van der Waals surface area contributed by atoms with Gasteiger partial charge in [0.05, 0.1) is 5.70 Å². The van der Waals surface area contributed by atoms with Gasteiger partial charge in [-0.25, -0.2) is 14.0 Å². The minimum absolute atomic E-state index is 0.140. The van der Waals surface area contributed by atoms with Crippen LogP contribution in [0.15, 0.2) is 23.7 Å². The highest BCUT2D eigenvalue weighted by Crippen LogP contribution is 2.20. The second kappa shape index (κ2) is 6.64. The van der Waals surface area contributed by atoms with E-state index in [1.807, 2.05) is 0 Å². The van der Waals surface area contributed by atoms with E-state index in [0.29, 0.717) is 0 Å². The van der Waals surface area contributed by atoms with Crippen LogP contribution in [0.25, 0.3) is 0 Å². The third kappa shape index (κ3) is 5.49. The van der Waals surface area contributed by atoms with Crippen molar-refractivity contribution in [3.63, 3.8) is 0 Å². The fourth-order valence-electron chi connectivity index (χ4n) is 1.49. The number of ether oxygens (including phenoxy) is 2. The van der Waals surface area contributed by atoms with Gasteiger partial charge in [0.2, 0.25) is 0 Å². The van der Waals surface area contributed by atoms with Crippen molar-refractivity contribution in [2.75, 3.05) is 13.2 Å². The Morgan fingerprint density at radius 3 is 2.43 bits per heavy atom. The van der Waals surface area contributed by atoms with Gasteiger partial charge < -0.3 is 9.47 Å². The molecule has 1 rings (SSSR count). The molecule has 0 aromatic heterocycles. The average molecular weight is 307 g/mol. The van der Waals surface area contributed by atoms with Crippen LogP contribution in [0, 0.1) is 0 Å². The number of cyclic esters (lactones) is 1. The van der Waals surface area contributed by atoms with Gasteiger partial charge in [0.25, 0.3) is 0 Å². The van der Waals surface area contributed by atoms with Crippen LogP contribution in [0.2, 0.25) is 0 Å². The third-order valence-corrected chi connectivity index (χ3v) is 2.37. The van der Waals surface area contributed by atoms with Crippen molar-refractivity contribution in [3.8, 4) is 0 Å². The molecule has 0 radical (unpaired) electrons. The summed E-state index contributed by atoms with van der Waals surface area (Å²) in [5, 5.41) is 0. The van der Waals surface area contributed by atoms with Gasteiger partial charge in [0.1, 0.15) is 12.2 Å². The molecular formula is C13H16F3NO4. The Labute approximate surface area is 120 Å². The predicted octanol–water partition coefficient (Wildman–Crippen LogP) is 3.13. The number of carbonyl (C=O) groups excluding carboxylic acids is 2. The first-order valence-corrected chi connectivity index (χ1v) is 6.17. The molecule has 0 unspecified atom stereocenters. The smallest absolute Gasteiger partial charge is 0.414 e. The number of esters is 1. The van der Waals surface area contributed by atoms with Gasteiger partial charge in [-0.1, -0.05) is 0 Å². The number of nitrogens with zero attached hydrogens (tertiary/aromatic N) is 1. The zero-order valence-corrected chi connectivity index (χ0v) is 11.9. The van der Waals surface area contributed by atoms with E-state index >= 15 is 0 Å². The van der Waals surface area contributed by atoms with Crippen molar-refractivity contribution in [3.05, 3.63) is 23.7 Å². The van der Waals surface area contributed by atoms with Gasteiger partial charge in [0, 0.05) is 19.0 Å². The number of carbonyl (C=O) groups is 2. The van der Waals surface area contributed by atoms with Gasteiger partial charge >= 0.3 is 18.1 Å². The summed E-state index contributed by atoms with van der Waals surface area (Å²) in [7, 11) is 0. The standard InChI is InChI=1S/C13H16F3NO4/c1-13(2,3)21-12(19)17(5-4-9(14)11(15)16)8-6-10(18)20-7-8/h6H,4-5,7H2,1-3H3. The molecule has 0 aromatic rings. The van der Waals surface area contributed by atoms with E-state index in [0.717, 1.165) is 11.0 Å². The molecule has 0 aliphatic carbocycles. The van der Waals surface area contributed by atoms with E-state index in [2.05, 4.69) is 4.74 Å². The fraction of sp³-hybridized carbons (Fsp3) is 0.538. The van der Waals surface area contributed by atoms with E-state index < -0.39 is 36.0 Å². The summed E-state index contributed by atoms with van der Waals surface area (Å²) in [4.78, 5) is 24.0. The van der Waals surface area contributed by atoms with Crippen molar-refractivity contribution in [1.29, 1.82) is 0 Å². The van der Waals surface area contributed by atoms with Gasteiger partial charge in [-0.3, -0.25) is 4.90 Å². The lowest BCUT2D eigenvalue weighted by Gasteiger charge is -2.27. The molecule has 0 aromatic carbocycles. The lowest BCUT2D eigenvalue weighted by Crippen LogP contribution is -2.37. The summed E-state index contributed by atoms with van der Waals surface area (Å²) in [5.41, 5.74) is -0.680. The van der Waals surface area contributed by atoms with Gasteiger partial charge in [-0.05, 0) is 20.8 Å². The lowest BCUT2D eigenvalue weighted by atomic mass is 10.2. The number of hydrogen-bond donors (Lipinski definition) is 0. The SMILES string of the molecule is CC(C)(C)OC(=O)N(CCC(F)=C(F)F)C1=CC(=O)OC1. The molecule has 1 heterocycles. The predicted molar refractivity (Wildman–Crippen MR) is 66.9 cm³/mol. The maximum Gasteiger partial charge on any atom is 0.414 e. The first-order chi connectivity index (χ1) is 9.60. The van der Waals surface area contributed by atoms with E-state index in [1.165, 1.54) is 0 Å². The highest BCUT2D eigenvalue weighted by Gasteiger charge is 2.28. The van der Waals surface area contributed by atoms with Crippen molar-refractivity contribution < 1.29 is 32.2 Å². The summed E-state index contributed by atoms with van der Waals surface area (Å²) >= 11 is 0. The maximum atomic E-state index is 12.9. The van der Waals surface area contributed by atoms with E-state index in [9.17, 15) is 22.8 Å². The molecule has 1 aliphatic heterocycles. The Balaban J connectivity index is 2.85. The Morgan fingerprint density at radius 2 is 2.00 bits per heavy atom. The first kappa shape index (κ1) is 17.1. The normalized spacial score (nSPS) is 14.4. The number of hydrogen-bond acceptors (Lipinski definition) is 4. The van der Waals surface area contributed by atoms with Gasteiger partial charge in [-0.2, -0.15) is 8.78 Å². The van der Waals surface area contributed by atoms with Gasteiger partial charge in [0.15, 0.2) is 5.83 Å². The van der Waals surface area contributed by atoms with Crippen LogP contribution in [-0.2, 0) is 14.3 Å². The minimum Gasteiger partial charge on any atom is -0.456 e. The monoisotopic (exact) mass is 307 g/mol. The van der Waals surface area contributed by atoms with Crippen LogP contribution in [0.4, 0.5) is 18.0 Å². The molecule has 0 fully saturated rings. The molecule has 0 bridgehead atoms. The topological polar surface area (TPSA) is 55.8 Å². The first-order valence-electron chi connectivity index (χ1n) is 6.17. The van der Waals surface area contributed by atoms with E-state index in [1.54, 1.807) is 20.8 Å². The largest absolute Gasteiger partial charge is 0.456 e. The highest BCUT2D eigenvalue weighted by atomic mass is 19.3. The summed E-state index contributed by atoms with van der Waals surface area (Å²) in [6.07, 6.45) is -2.95. The molecule has 0 saturated carbocycles. The van der Waals surface area contributed by atoms with Crippen LogP contribution in [-0.4, -0.2) is 35.7 Å². The van der Waals surface area contributed by atoms with Crippen molar-refractivity contribution in [2.24, 2.45) is 0 Å². The molecule has 1 amide bonds. The third-order valence-electron chi connectivity index (χ3n) is 2.37. The molecule has 21 heavy (non-hydrogen) atoms. The quantitative estimate of drug-likeness (QED) is 0.749. The molecule has 1 aliphatic rings. The lowest BCUT2D eigenvalue weighted by molar-refractivity contribution is -0.135. The van der Waals surface area contributed by atoms with E-state index in [-0.39, 0.29) is 18.8 Å². The molecule has 118 valence electrons. The molecule has 0 atom stereocenters. The Morgan fingerprint density at radius 1 is 1.38 bits per heavy atom. The molecule has 8 heteroatoms. The second-order valence-corrected chi connectivity index (χ2v) is 5.29. The van der Waals surface area contributed by atoms with Crippen LogP contribution in [0.5, 0.6) is 0 Å². The summed E-state index contributed by atoms with van der Waals surface area (Å²) < 4.78 is 46.8. The molecule has 0 N–H and O–H groups in total. The van der Waals surface area contributed by atoms with Crippen LogP contribution in [0.1, 0.15) is 27.2 Å². The zero-order valence-electron chi connectivity index (χ0n) is 11.9. The number of rotatable bonds is 4. The summed E-state index contributed by atoms with van der Waals surface area (Å²) in [6, 6.07) is 0. The molecular weight excluding hydrogens is 291 g/mol. The van der Waals surface area contributed by atoms with Crippen molar-refractivity contribution >= 4 is 12.1 Å². The Bertz CT molecular complexity index is 490. The fourth-order valence-corrected chi connectivity index (χ4v) is 1.49. The summed E-state index contributed by atoms with van der Waals surface area (Å²) in [6.45, 7) is 4.28. The number of halogens is 3. The zero-order chi connectivity index (χ0) is 16.2. The Kier molecular flexibility index (Phi) is 5.40. The second-order valence-electron chi connectivity index (χ2n) is 5.29. The van der Waals surface area contributed by atoms with Crippen molar-refractivity contribution in [1.82, 2.24) is 4.90 Å². The van der Waals surface area contributed by atoms with Crippen molar-refractivity contribution in [2.45, 2.75) is 32.8 Å². The van der Waals surface area contributed by atoms with Crippen LogP contribution >= 0.6 is 0 Å². The molecule has 5 nitrogen and oxygen atoms in total. The van der Waals surface area contributed by atoms with Crippen LogP contribution in [0.3, 0.4) is 0 Å². The summed E-state index contributed by atoms with van der Waals surface area (Å²) in [5.74, 6) is -2.28. The average Bonchev–Trinajstić information content (AvgIpc) is 2.73. The maximum absolute atomic E-state index is 12.9. The highest BCUT2D eigenvalue weighted by molar-refractivity contribution is 5.86. The molecule has 0 spiro atoms. The Hall–Kier alpha value is -1.99.